The Morgan fingerprint density at radius 2 is 1.78 bits per heavy atom. The Kier molecular flexibility index (Phi) is 7.36. The first-order valence-corrected chi connectivity index (χ1v) is 11.0. The lowest BCUT2D eigenvalue weighted by atomic mass is 10.1. The molecule has 0 unspecified atom stereocenters. The average molecular weight is 383 g/mol. The van der Waals surface area contributed by atoms with Crippen molar-refractivity contribution in [3.05, 3.63) is 64.7 Å². The van der Waals surface area contributed by atoms with Crippen molar-refractivity contribution in [2.24, 2.45) is 0 Å². The molecule has 0 fully saturated rings. The smallest absolute Gasteiger partial charge is 0.230 e. The van der Waals surface area contributed by atoms with Crippen molar-refractivity contribution in [1.29, 1.82) is 0 Å². The average Bonchev–Trinajstić information content (AvgIpc) is 3.17. The molecular weight excluding hydrogens is 352 g/mol. The molecule has 3 nitrogen and oxygen atoms in total. The van der Waals surface area contributed by atoms with E-state index in [1.807, 2.05) is 6.07 Å². The minimum Gasteiger partial charge on any atom is -0.351 e. The second-order valence-electron chi connectivity index (χ2n) is 7.08. The zero-order chi connectivity index (χ0) is 19.1. The van der Waals surface area contributed by atoms with Gasteiger partial charge in [0, 0.05) is 18.0 Å². The number of carbonyl (C=O) groups is 1. The lowest BCUT2D eigenvalue weighted by molar-refractivity contribution is -0.118. The van der Waals surface area contributed by atoms with Crippen molar-refractivity contribution < 1.29 is 4.79 Å². The van der Waals surface area contributed by atoms with Gasteiger partial charge in [-0.2, -0.15) is 0 Å². The summed E-state index contributed by atoms with van der Waals surface area (Å²) in [4.78, 5) is 15.9. The van der Waals surface area contributed by atoms with Crippen molar-refractivity contribution in [2.45, 2.75) is 51.1 Å². The van der Waals surface area contributed by atoms with Crippen LogP contribution >= 0.6 is 11.8 Å². The van der Waals surface area contributed by atoms with Crippen LogP contribution in [0.25, 0.3) is 0 Å². The van der Waals surface area contributed by atoms with Gasteiger partial charge in [-0.1, -0.05) is 44.2 Å². The maximum atomic E-state index is 12.3. The Labute approximate surface area is 167 Å². The zero-order valence-electron chi connectivity index (χ0n) is 16.5. The fourth-order valence-electron chi connectivity index (χ4n) is 3.60. The van der Waals surface area contributed by atoms with Gasteiger partial charge in [0.15, 0.2) is 0 Å². The Balaban J connectivity index is 1.50. The second kappa shape index (κ2) is 9.95. The number of aryl methyl sites for hydroxylation is 2. The molecule has 0 radical (unpaired) electrons. The Bertz CT molecular complexity index is 771. The molecule has 0 spiro atoms. The third kappa shape index (κ3) is 5.60. The van der Waals surface area contributed by atoms with Gasteiger partial charge in [0.2, 0.25) is 5.91 Å². The van der Waals surface area contributed by atoms with Gasteiger partial charge in [-0.3, -0.25) is 9.69 Å². The van der Waals surface area contributed by atoms with Crippen LogP contribution in [0.15, 0.2) is 47.4 Å². The van der Waals surface area contributed by atoms with Crippen LogP contribution in [0, 0.1) is 0 Å². The van der Waals surface area contributed by atoms with E-state index in [-0.39, 0.29) is 5.91 Å². The summed E-state index contributed by atoms with van der Waals surface area (Å²) in [6.07, 6.45) is 3.64. The van der Waals surface area contributed by atoms with Gasteiger partial charge < -0.3 is 5.32 Å². The van der Waals surface area contributed by atoms with Gasteiger partial charge >= 0.3 is 0 Å². The summed E-state index contributed by atoms with van der Waals surface area (Å²) in [7, 11) is 0. The van der Waals surface area contributed by atoms with Crippen LogP contribution in [-0.4, -0.2) is 29.6 Å². The van der Waals surface area contributed by atoms with E-state index in [1.54, 1.807) is 11.8 Å². The number of thioether (sulfide) groups is 1. The standard InChI is InChI=1S/C23H30N2OS/c1-3-25(4-2)16-21-9-6-5-8-20(21)15-24-23(26)17-27-22-13-12-18-10-7-11-19(18)14-22/h5-6,8-9,12-14H,3-4,7,10-11,15-17H2,1-2H3,(H,24,26). The SMILES string of the molecule is CCN(CC)Cc1ccccc1CNC(=O)CSc1ccc2c(c1)CCC2. The molecule has 0 saturated carbocycles. The van der Waals surface area contributed by atoms with Gasteiger partial charge in [-0.15, -0.1) is 11.8 Å². The topological polar surface area (TPSA) is 32.3 Å². The monoisotopic (exact) mass is 382 g/mol. The van der Waals surface area contributed by atoms with Gasteiger partial charge in [0.1, 0.15) is 0 Å². The molecule has 4 heteroatoms. The fourth-order valence-corrected chi connectivity index (χ4v) is 4.39. The third-order valence-corrected chi connectivity index (χ3v) is 6.32. The Hall–Kier alpha value is -1.78. The normalized spacial score (nSPS) is 13.0. The summed E-state index contributed by atoms with van der Waals surface area (Å²) in [6.45, 7) is 7.97. The number of hydrogen-bond acceptors (Lipinski definition) is 3. The predicted octanol–water partition coefficient (Wildman–Crippen LogP) is 4.43. The van der Waals surface area contributed by atoms with E-state index in [1.165, 1.54) is 46.4 Å². The Morgan fingerprint density at radius 1 is 1.04 bits per heavy atom. The van der Waals surface area contributed by atoms with Crippen molar-refractivity contribution in [1.82, 2.24) is 10.2 Å². The summed E-state index contributed by atoms with van der Waals surface area (Å²) < 4.78 is 0. The molecular formula is C23H30N2OS. The summed E-state index contributed by atoms with van der Waals surface area (Å²) in [6, 6.07) is 15.1. The zero-order valence-corrected chi connectivity index (χ0v) is 17.3. The first-order valence-electron chi connectivity index (χ1n) is 10.00. The number of amides is 1. The minimum atomic E-state index is 0.0955. The highest BCUT2D eigenvalue weighted by Crippen LogP contribution is 2.27. The van der Waals surface area contributed by atoms with E-state index < -0.39 is 0 Å². The van der Waals surface area contributed by atoms with Crippen molar-refractivity contribution in [2.75, 3.05) is 18.8 Å². The molecule has 1 N–H and O–H groups in total. The Morgan fingerprint density at radius 3 is 2.56 bits per heavy atom. The highest BCUT2D eigenvalue weighted by molar-refractivity contribution is 8.00. The van der Waals surface area contributed by atoms with Crippen LogP contribution in [-0.2, 0) is 30.7 Å². The molecule has 2 aromatic rings. The van der Waals surface area contributed by atoms with Crippen molar-refractivity contribution >= 4 is 17.7 Å². The largest absolute Gasteiger partial charge is 0.351 e. The second-order valence-corrected chi connectivity index (χ2v) is 8.13. The van der Waals surface area contributed by atoms with E-state index in [9.17, 15) is 4.79 Å². The quantitative estimate of drug-likeness (QED) is 0.651. The van der Waals surface area contributed by atoms with E-state index in [2.05, 4.69) is 60.5 Å². The van der Waals surface area contributed by atoms with Gasteiger partial charge in [-0.25, -0.2) is 0 Å². The summed E-state index contributed by atoms with van der Waals surface area (Å²) >= 11 is 1.63. The van der Waals surface area contributed by atoms with E-state index >= 15 is 0 Å². The molecule has 3 rings (SSSR count). The van der Waals surface area contributed by atoms with Crippen molar-refractivity contribution in [3.63, 3.8) is 0 Å². The first kappa shape index (κ1) is 20.0. The van der Waals surface area contributed by atoms with E-state index in [4.69, 9.17) is 0 Å². The number of hydrogen-bond donors (Lipinski definition) is 1. The van der Waals surface area contributed by atoms with Crippen LogP contribution < -0.4 is 5.32 Å². The van der Waals surface area contributed by atoms with Crippen LogP contribution in [0.3, 0.4) is 0 Å². The maximum Gasteiger partial charge on any atom is 0.230 e. The van der Waals surface area contributed by atoms with Gasteiger partial charge in [-0.05, 0) is 66.7 Å². The molecule has 0 saturated heterocycles. The van der Waals surface area contributed by atoms with Crippen molar-refractivity contribution in [3.8, 4) is 0 Å². The van der Waals surface area contributed by atoms with E-state index in [0.29, 0.717) is 12.3 Å². The molecule has 2 aromatic carbocycles. The van der Waals surface area contributed by atoms with Gasteiger partial charge in [0.25, 0.3) is 0 Å². The highest BCUT2D eigenvalue weighted by Gasteiger charge is 2.12. The number of rotatable bonds is 9. The third-order valence-electron chi connectivity index (χ3n) is 5.32. The molecule has 1 aliphatic carbocycles. The summed E-state index contributed by atoms with van der Waals surface area (Å²) in [5.74, 6) is 0.565. The fraction of sp³-hybridized carbons (Fsp3) is 0.435. The van der Waals surface area contributed by atoms with E-state index in [0.717, 1.165) is 19.6 Å². The number of nitrogens with zero attached hydrogens (tertiary/aromatic N) is 1. The minimum absolute atomic E-state index is 0.0955. The summed E-state index contributed by atoms with van der Waals surface area (Å²) in [5.41, 5.74) is 5.45. The molecule has 0 bridgehead atoms. The lowest BCUT2D eigenvalue weighted by Crippen LogP contribution is -2.27. The molecule has 0 atom stereocenters. The number of benzene rings is 2. The van der Waals surface area contributed by atoms with Crippen LogP contribution in [0.1, 0.15) is 42.5 Å². The molecule has 0 heterocycles. The molecule has 0 aromatic heterocycles. The molecule has 1 amide bonds. The number of carbonyl (C=O) groups excluding carboxylic acids is 1. The molecule has 144 valence electrons. The number of fused-ring (bicyclic) bond motifs is 1. The van der Waals surface area contributed by atoms with Crippen LogP contribution in [0.2, 0.25) is 0 Å². The number of nitrogens with one attached hydrogen (secondary N) is 1. The summed E-state index contributed by atoms with van der Waals surface area (Å²) in [5, 5.41) is 3.09. The first-order chi connectivity index (χ1) is 13.2. The van der Waals surface area contributed by atoms with Crippen LogP contribution in [0.5, 0.6) is 0 Å². The molecule has 27 heavy (non-hydrogen) atoms. The van der Waals surface area contributed by atoms with Crippen LogP contribution in [0.4, 0.5) is 0 Å². The molecule has 0 aliphatic heterocycles. The predicted molar refractivity (Wildman–Crippen MR) is 114 cm³/mol. The lowest BCUT2D eigenvalue weighted by Gasteiger charge is -2.20. The molecule has 1 aliphatic rings. The maximum absolute atomic E-state index is 12.3. The highest BCUT2D eigenvalue weighted by atomic mass is 32.2. The van der Waals surface area contributed by atoms with Gasteiger partial charge in [0.05, 0.1) is 5.75 Å².